The van der Waals surface area contributed by atoms with Crippen LogP contribution < -0.4 is 11.1 Å². The fraction of sp³-hybridized carbons (Fsp3) is 0.875. The van der Waals surface area contributed by atoms with E-state index in [4.69, 9.17) is 5.73 Å². The van der Waals surface area contributed by atoms with Crippen LogP contribution in [0.25, 0.3) is 0 Å². The molecule has 0 radical (unpaired) electrons. The molecule has 0 aromatic rings. The van der Waals surface area contributed by atoms with Crippen LogP contribution in [0.2, 0.25) is 0 Å². The summed E-state index contributed by atoms with van der Waals surface area (Å²) in [5.41, 5.74) is 5.27. The van der Waals surface area contributed by atoms with Crippen LogP contribution in [0.3, 0.4) is 0 Å². The predicted octanol–water partition coefficient (Wildman–Crippen LogP) is 1.58. The third-order valence-corrected chi connectivity index (χ3v) is 2.48. The summed E-state index contributed by atoms with van der Waals surface area (Å²) >= 11 is 1.26. The van der Waals surface area contributed by atoms with E-state index in [1.54, 1.807) is 0 Å². The van der Waals surface area contributed by atoms with Gasteiger partial charge in [-0.15, -0.1) is 0 Å². The number of hydrogen-bond donors (Lipinski definition) is 2. The Bertz CT molecular complexity index is 126. The van der Waals surface area contributed by atoms with Crippen molar-refractivity contribution in [2.75, 3.05) is 12.3 Å². The Kier molecular flexibility index (Phi) is 7.29. The number of carbonyl (C=O) groups excluding carboxylic acids is 1. The highest BCUT2D eigenvalue weighted by atomic mass is 32.2. The van der Waals surface area contributed by atoms with Gasteiger partial charge in [0, 0.05) is 18.3 Å². The van der Waals surface area contributed by atoms with Gasteiger partial charge in [-0.25, -0.2) is 0 Å². The summed E-state index contributed by atoms with van der Waals surface area (Å²) in [6, 6.07) is 0.322. The highest BCUT2D eigenvalue weighted by Crippen LogP contribution is 2.03. The van der Waals surface area contributed by atoms with Gasteiger partial charge in [0.05, 0.1) is 0 Å². The first-order valence-electron chi connectivity index (χ1n) is 4.37. The van der Waals surface area contributed by atoms with E-state index in [1.807, 2.05) is 0 Å². The average molecular weight is 190 g/mol. The van der Waals surface area contributed by atoms with E-state index in [2.05, 4.69) is 19.2 Å². The number of thioether (sulfide) groups is 1. The maximum Gasteiger partial charge on any atom is 0.279 e. The monoisotopic (exact) mass is 190 g/mol. The van der Waals surface area contributed by atoms with Gasteiger partial charge >= 0.3 is 0 Å². The van der Waals surface area contributed by atoms with Gasteiger partial charge in [-0.1, -0.05) is 25.6 Å². The molecular formula is C8H18N2OS. The SMILES string of the molecule is CCC(CC)NC(=O)SCCN. The predicted molar refractivity (Wildman–Crippen MR) is 54.4 cm³/mol. The molecule has 4 heteroatoms. The maximum atomic E-state index is 11.1. The van der Waals surface area contributed by atoms with Crippen molar-refractivity contribution in [1.29, 1.82) is 0 Å². The third-order valence-electron chi connectivity index (χ3n) is 1.66. The fourth-order valence-electron chi connectivity index (χ4n) is 0.853. The van der Waals surface area contributed by atoms with Crippen LogP contribution in [0.15, 0.2) is 0 Å². The van der Waals surface area contributed by atoms with E-state index in [0.29, 0.717) is 18.3 Å². The zero-order valence-electron chi connectivity index (χ0n) is 7.80. The molecule has 1 amide bonds. The Labute approximate surface area is 78.5 Å². The van der Waals surface area contributed by atoms with E-state index in [1.165, 1.54) is 11.8 Å². The summed E-state index contributed by atoms with van der Waals surface area (Å²) in [5.74, 6) is 0.700. The molecule has 0 saturated carbocycles. The second kappa shape index (κ2) is 7.43. The molecule has 0 aliphatic rings. The van der Waals surface area contributed by atoms with Crippen molar-refractivity contribution in [2.45, 2.75) is 32.7 Å². The Morgan fingerprint density at radius 1 is 1.50 bits per heavy atom. The summed E-state index contributed by atoms with van der Waals surface area (Å²) < 4.78 is 0. The van der Waals surface area contributed by atoms with Crippen molar-refractivity contribution in [2.24, 2.45) is 5.73 Å². The van der Waals surface area contributed by atoms with E-state index in [-0.39, 0.29) is 5.24 Å². The largest absolute Gasteiger partial charge is 0.344 e. The Morgan fingerprint density at radius 3 is 2.50 bits per heavy atom. The van der Waals surface area contributed by atoms with E-state index >= 15 is 0 Å². The van der Waals surface area contributed by atoms with Crippen molar-refractivity contribution in [3.63, 3.8) is 0 Å². The number of nitrogens with one attached hydrogen (secondary N) is 1. The smallest absolute Gasteiger partial charge is 0.279 e. The summed E-state index contributed by atoms with van der Waals surface area (Å²) in [6.07, 6.45) is 1.98. The van der Waals surface area contributed by atoms with Crippen molar-refractivity contribution >= 4 is 17.0 Å². The van der Waals surface area contributed by atoms with E-state index < -0.39 is 0 Å². The lowest BCUT2D eigenvalue weighted by Gasteiger charge is -2.13. The van der Waals surface area contributed by atoms with Crippen molar-refractivity contribution in [3.05, 3.63) is 0 Å². The van der Waals surface area contributed by atoms with Gasteiger partial charge in [-0.05, 0) is 12.8 Å². The van der Waals surface area contributed by atoms with Crippen molar-refractivity contribution in [3.8, 4) is 0 Å². The molecule has 12 heavy (non-hydrogen) atoms. The van der Waals surface area contributed by atoms with Crippen LogP contribution in [0, 0.1) is 0 Å². The molecule has 0 atom stereocenters. The second-order valence-corrected chi connectivity index (χ2v) is 3.65. The molecule has 0 aliphatic heterocycles. The Morgan fingerprint density at radius 2 is 2.08 bits per heavy atom. The summed E-state index contributed by atoms with van der Waals surface area (Å²) in [6.45, 7) is 4.70. The van der Waals surface area contributed by atoms with Crippen LogP contribution >= 0.6 is 11.8 Å². The molecule has 0 aromatic carbocycles. The third kappa shape index (κ3) is 5.43. The molecule has 0 heterocycles. The van der Waals surface area contributed by atoms with Crippen molar-refractivity contribution in [1.82, 2.24) is 5.32 Å². The van der Waals surface area contributed by atoms with E-state index in [9.17, 15) is 4.79 Å². The maximum absolute atomic E-state index is 11.1. The lowest BCUT2D eigenvalue weighted by atomic mass is 10.2. The molecule has 3 N–H and O–H groups in total. The molecule has 0 unspecified atom stereocenters. The average Bonchev–Trinajstić information content (AvgIpc) is 2.10. The summed E-state index contributed by atoms with van der Waals surface area (Å²) in [5, 5.41) is 2.97. The Hall–Kier alpha value is -0.220. The van der Waals surface area contributed by atoms with Crippen LogP contribution in [0.1, 0.15) is 26.7 Å². The number of rotatable bonds is 5. The van der Waals surface area contributed by atoms with Gasteiger partial charge in [0.25, 0.3) is 5.24 Å². The van der Waals surface area contributed by atoms with Gasteiger partial charge < -0.3 is 11.1 Å². The minimum absolute atomic E-state index is 0.0501. The minimum atomic E-state index is 0.0501. The zero-order valence-corrected chi connectivity index (χ0v) is 8.62. The molecule has 0 aliphatic carbocycles. The van der Waals surface area contributed by atoms with Gasteiger partial charge in [-0.3, -0.25) is 4.79 Å². The van der Waals surface area contributed by atoms with Gasteiger partial charge in [0.2, 0.25) is 0 Å². The number of hydrogen-bond acceptors (Lipinski definition) is 3. The first kappa shape index (κ1) is 11.8. The quantitative estimate of drug-likeness (QED) is 0.692. The standard InChI is InChI=1S/C8H18N2OS/c1-3-7(4-2)10-8(11)12-6-5-9/h7H,3-6,9H2,1-2H3,(H,10,11). The van der Waals surface area contributed by atoms with E-state index in [0.717, 1.165) is 12.8 Å². The topological polar surface area (TPSA) is 55.1 Å². The lowest BCUT2D eigenvalue weighted by Crippen LogP contribution is -2.31. The van der Waals surface area contributed by atoms with Gasteiger partial charge in [0.15, 0.2) is 0 Å². The van der Waals surface area contributed by atoms with Crippen LogP contribution in [-0.4, -0.2) is 23.6 Å². The first-order valence-corrected chi connectivity index (χ1v) is 5.36. The number of amides is 1. The molecule has 3 nitrogen and oxygen atoms in total. The summed E-state index contributed by atoms with van der Waals surface area (Å²) in [4.78, 5) is 11.1. The number of nitrogens with two attached hydrogens (primary N) is 1. The van der Waals surface area contributed by atoms with Crippen LogP contribution in [0.5, 0.6) is 0 Å². The van der Waals surface area contributed by atoms with Gasteiger partial charge in [-0.2, -0.15) is 0 Å². The van der Waals surface area contributed by atoms with Crippen LogP contribution in [-0.2, 0) is 0 Å². The van der Waals surface area contributed by atoms with Crippen molar-refractivity contribution < 1.29 is 4.79 Å². The van der Waals surface area contributed by atoms with Gasteiger partial charge in [0.1, 0.15) is 0 Å². The molecule has 0 spiro atoms. The molecule has 0 bridgehead atoms. The first-order chi connectivity index (χ1) is 5.74. The molecule has 0 fully saturated rings. The minimum Gasteiger partial charge on any atom is -0.344 e. The molecule has 0 saturated heterocycles. The molecule has 72 valence electrons. The van der Waals surface area contributed by atoms with Crippen LogP contribution in [0.4, 0.5) is 4.79 Å². The second-order valence-electron chi connectivity index (χ2n) is 2.58. The lowest BCUT2D eigenvalue weighted by molar-refractivity contribution is 0.256. The molecule has 0 aromatic heterocycles. The normalized spacial score (nSPS) is 10.3. The highest BCUT2D eigenvalue weighted by Gasteiger charge is 2.07. The Balaban J connectivity index is 3.52. The summed E-state index contributed by atoms with van der Waals surface area (Å²) in [7, 11) is 0. The fourth-order valence-corrected chi connectivity index (χ4v) is 1.41. The zero-order chi connectivity index (χ0) is 9.40. The molecular weight excluding hydrogens is 172 g/mol. The number of carbonyl (C=O) groups is 1. The molecule has 0 rings (SSSR count). The highest BCUT2D eigenvalue weighted by molar-refractivity contribution is 8.13.